The average Bonchev–Trinajstić information content (AvgIpc) is 3.24. The molecule has 46 heavy (non-hydrogen) atoms. The maximum Gasteiger partial charge on any atom is 0.530 e. The summed E-state index contributed by atoms with van der Waals surface area (Å²) in [6.45, 7) is 22.2. The molecule has 1 atom stereocenters. The van der Waals surface area contributed by atoms with Gasteiger partial charge in [-0.3, -0.25) is 18.4 Å². The Kier molecular flexibility index (Phi) is 9.34. The van der Waals surface area contributed by atoms with Gasteiger partial charge in [0.15, 0.2) is 0 Å². The SMILES string of the molecule is CC(C)(C)CC(C)(C)c1ccc2c(c1)C(c1cc(C(C)(C)CC(C)(C)C)ccc1OP1(=O)OCC3(CO[PH](=O)OC3)CO1)C(=O)O2. The molecule has 1 unspecified atom stereocenters. The van der Waals surface area contributed by atoms with Crippen molar-refractivity contribution in [3.8, 4) is 11.5 Å². The van der Waals surface area contributed by atoms with Gasteiger partial charge in [0, 0.05) is 11.1 Å². The molecule has 0 amide bonds. The van der Waals surface area contributed by atoms with Crippen molar-refractivity contribution in [1.29, 1.82) is 0 Å². The van der Waals surface area contributed by atoms with Crippen LogP contribution in [0.4, 0.5) is 0 Å². The summed E-state index contributed by atoms with van der Waals surface area (Å²) in [7, 11) is -6.64. The van der Waals surface area contributed by atoms with Crippen LogP contribution in [0.25, 0.3) is 0 Å². The number of rotatable bonds is 7. The molecule has 2 aromatic rings. The zero-order valence-corrected chi connectivity index (χ0v) is 30.8. The van der Waals surface area contributed by atoms with Crippen LogP contribution in [-0.4, -0.2) is 32.4 Å². The number of hydrogen-bond donors (Lipinski definition) is 0. The predicted molar refractivity (Wildman–Crippen MR) is 178 cm³/mol. The lowest BCUT2D eigenvalue weighted by Crippen LogP contribution is -2.45. The molecule has 3 aliphatic rings. The Balaban J connectivity index is 1.54. The number of carbonyl (C=O) groups is 1. The smallest absolute Gasteiger partial charge is 0.425 e. The molecule has 3 heterocycles. The molecule has 0 N–H and O–H groups in total. The second kappa shape index (κ2) is 12.2. The Hall–Kier alpha value is -1.99. The number of hydrogen-bond acceptors (Lipinski definition) is 9. The van der Waals surface area contributed by atoms with Gasteiger partial charge < -0.3 is 18.3 Å². The summed E-state index contributed by atoms with van der Waals surface area (Å²) in [4.78, 5) is 13.7. The lowest BCUT2D eigenvalue weighted by molar-refractivity contribution is -0.133. The Morgan fingerprint density at radius 3 is 1.80 bits per heavy atom. The molecular weight excluding hydrogens is 626 g/mol. The van der Waals surface area contributed by atoms with Gasteiger partial charge in [-0.1, -0.05) is 93.5 Å². The van der Waals surface area contributed by atoms with Crippen LogP contribution in [0.3, 0.4) is 0 Å². The van der Waals surface area contributed by atoms with Crippen molar-refractivity contribution in [2.75, 3.05) is 26.4 Å². The Labute approximate surface area is 274 Å². The van der Waals surface area contributed by atoms with Crippen LogP contribution in [-0.2, 0) is 42.8 Å². The van der Waals surface area contributed by atoms with E-state index in [0.29, 0.717) is 11.3 Å². The molecule has 254 valence electrons. The molecule has 0 bridgehead atoms. The molecule has 2 saturated heterocycles. The van der Waals surface area contributed by atoms with Crippen LogP contribution in [0.15, 0.2) is 36.4 Å². The number of benzene rings is 2. The zero-order chi connectivity index (χ0) is 33.9. The molecular formula is C35H50O9P2. The first kappa shape index (κ1) is 35.3. The highest BCUT2D eigenvalue weighted by atomic mass is 31.2. The fraction of sp³-hybridized carbons (Fsp3) is 0.629. The predicted octanol–water partition coefficient (Wildman–Crippen LogP) is 9.12. The fourth-order valence-corrected chi connectivity index (χ4v) is 9.75. The molecule has 9 nitrogen and oxygen atoms in total. The van der Waals surface area contributed by atoms with E-state index in [-0.39, 0.29) is 53.8 Å². The Bertz CT molecular complexity index is 1540. The molecule has 3 aliphatic heterocycles. The summed E-state index contributed by atoms with van der Waals surface area (Å²) in [6, 6.07) is 11.7. The van der Waals surface area contributed by atoms with E-state index in [2.05, 4.69) is 75.3 Å². The van der Waals surface area contributed by atoms with Crippen LogP contribution in [0.5, 0.6) is 11.5 Å². The fourth-order valence-electron chi connectivity index (χ4n) is 7.37. The summed E-state index contributed by atoms with van der Waals surface area (Å²) in [5.41, 5.74) is 2.42. The highest BCUT2D eigenvalue weighted by Crippen LogP contribution is 2.58. The van der Waals surface area contributed by atoms with Gasteiger partial charge in [-0.05, 0) is 57.8 Å². The lowest BCUT2D eigenvalue weighted by Gasteiger charge is -2.40. The van der Waals surface area contributed by atoms with Gasteiger partial charge in [-0.15, -0.1) is 0 Å². The van der Waals surface area contributed by atoms with E-state index in [4.69, 9.17) is 27.4 Å². The van der Waals surface area contributed by atoms with Gasteiger partial charge >= 0.3 is 22.0 Å². The van der Waals surface area contributed by atoms with Crippen LogP contribution < -0.4 is 9.26 Å². The second-order valence-corrected chi connectivity index (χ2v) is 19.7. The first-order valence-corrected chi connectivity index (χ1v) is 18.7. The first-order valence-electron chi connectivity index (χ1n) is 16.0. The Morgan fingerprint density at radius 2 is 1.28 bits per heavy atom. The highest BCUT2D eigenvalue weighted by molar-refractivity contribution is 7.49. The van der Waals surface area contributed by atoms with E-state index < -0.39 is 33.4 Å². The summed E-state index contributed by atoms with van der Waals surface area (Å²) in [6.07, 6.45) is 1.83. The third-order valence-electron chi connectivity index (χ3n) is 8.86. The van der Waals surface area contributed by atoms with E-state index >= 15 is 0 Å². The molecule has 1 spiro atoms. The van der Waals surface area contributed by atoms with Crippen molar-refractivity contribution >= 4 is 22.0 Å². The third kappa shape index (κ3) is 7.83. The minimum atomic E-state index is -4.10. The van der Waals surface area contributed by atoms with Crippen LogP contribution in [0.1, 0.15) is 110 Å². The highest BCUT2D eigenvalue weighted by Gasteiger charge is 2.48. The van der Waals surface area contributed by atoms with Crippen LogP contribution in [0, 0.1) is 16.2 Å². The van der Waals surface area contributed by atoms with Crippen molar-refractivity contribution in [2.45, 2.75) is 98.8 Å². The van der Waals surface area contributed by atoms with Crippen molar-refractivity contribution in [1.82, 2.24) is 0 Å². The van der Waals surface area contributed by atoms with Crippen molar-refractivity contribution in [3.05, 3.63) is 58.7 Å². The molecule has 2 aromatic carbocycles. The third-order valence-corrected chi connectivity index (χ3v) is 10.9. The molecule has 0 saturated carbocycles. The Morgan fingerprint density at radius 1 is 0.783 bits per heavy atom. The number of phosphoric ester groups is 1. The van der Waals surface area contributed by atoms with Gasteiger partial charge in [-0.2, -0.15) is 0 Å². The number of fused-ring (bicyclic) bond motifs is 1. The quantitative estimate of drug-likeness (QED) is 0.161. The van der Waals surface area contributed by atoms with E-state index in [1.807, 2.05) is 24.3 Å². The summed E-state index contributed by atoms with van der Waals surface area (Å²) >= 11 is 0. The van der Waals surface area contributed by atoms with Crippen molar-refractivity contribution < 1.29 is 41.3 Å². The normalized spacial score (nSPS) is 27.4. The number of ether oxygens (including phenoxy) is 1. The molecule has 11 heteroatoms. The van der Waals surface area contributed by atoms with Gasteiger partial charge in [0.2, 0.25) is 0 Å². The largest absolute Gasteiger partial charge is 0.530 e. The van der Waals surface area contributed by atoms with Crippen molar-refractivity contribution in [3.63, 3.8) is 0 Å². The number of phosphoric acid groups is 1. The van der Waals surface area contributed by atoms with E-state index in [0.717, 1.165) is 29.5 Å². The molecule has 5 rings (SSSR count). The molecule has 0 radical (unpaired) electrons. The maximum atomic E-state index is 13.9. The second-order valence-electron chi connectivity index (χ2n) is 17.0. The van der Waals surface area contributed by atoms with Crippen molar-refractivity contribution in [2.24, 2.45) is 16.2 Å². The monoisotopic (exact) mass is 676 g/mol. The minimum Gasteiger partial charge on any atom is -0.425 e. The van der Waals surface area contributed by atoms with Gasteiger partial charge in [0.05, 0.1) is 31.8 Å². The summed E-state index contributed by atoms with van der Waals surface area (Å²) < 4.78 is 59.3. The van der Waals surface area contributed by atoms with Crippen LogP contribution >= 0.6 is 16.1 Å². The maximum absolute atomic E-state index is 13.9. The van der Waals surface area contributed by atoms with Gasteiger partial charge in [0.1, 0.15) is 17.4 Å². The topological polar surface area (TPSA) is 107 Å². The number of esters is 1. The molecule has 2 fully saturated rings. The van der Waals surface area contributed by atoms with E-state index in [9.17, 15) is 13.9 Å². The molecule has 0 aliphatic carbocycles. The lowest BCUT2D eigenvalue weighted by atomic mass is 9.71. The van der Waals surface area contributed by atoms with Crippen LogP contribution in [0.2, 0.25) is 0 Å². The van der Waals surface area contributed by atoms with E-state index in [1.54, 1.807) is 6.07 Å². The van der Waals surface area contributed by atoms with Gasteiger partial charge in [0.25, 0.3) is 0 Å². The zero-order valence-electron chi connectivity index (χ0n) is 28.9. The van der Waals surface area contributed by atoms with Gasteiger partial charge in [-0.25, -0.2) is 4.57 Å². The minimum absolute atomic E-state index is 0.0218. The number of carbonyl (C=O) groups excluding carboxylic acids is 1. The van der Waals surface area contributed by atoms with E-state index in [1.165, 1.54) is 0 Å². The first-order chi connectivity index (χ1) is 21.1. The summed E-state index contributed by atoms with van der Waals surface area (Å²) in [5, 5.41) is 0. The average molecular weight is 677 g/mol. The molecule has 0 aromatic heterocycles. The summed E-state index contributed by atoms with van der Waals surface area (Å²) in [5.74, 6) is -0.497. The standard InChI is InChI=1S/C35H50O9P2/c1-31(2,3)17-33(7,8)23-11-13-27-25(15-23)29(30(36)43-27)26-16-24(34(9,10)18-32(4,5)6)12-14-28(26)44-46(38)41-21-35(22-42-46)19-39-45(37)40-20-35/h11-16,29,45H,17-22H2,1-10H3.